The van der Waals surface area contributed by atoms with E-state index >= 15 is 0 Å². The summed E-state index contributed by atoms with van der Waals surface area (Å²) in [6.07, 6.45) is 0.991. The van der Waals surface area contributed by atoms with Crippen LogP contribution in [0.15, 0.2) is 83.5 Å². The lowest BCUT2D eigenvalue weighted by molar-refractivity contribution is -0.0576. The van der Waals surface area contributed by atoms with E-state index in [-0.39, 0.29) is 12.2 Å². The van der Waals surface area contributed by atoms with Crippen molar-refractivity contribution in [3.63, 3.8) is 0 Å². The zero-order valence-electron chi connectivity index (χ0n) is 21.4. The molecule has 0 aliphatic heterocycles. The zero-order chi connectivity index (χ0) is 25.5. The number of aryl methyl sites for hydroxylation is 1. The quantitative estimate of drug-likeness (QED) is 0.293. The standard InChI is InChI=1S/C29H35N3O4/c1-29(2,3)35-21-23(33)18-32(19-25-16-11-17-34-25)20-26-27(22-12-7-5-8-13-22)30-31(4)28(26)36-24-14-9-6-10-15-24/h5-17,23,33H,18-21H2,1-4H3/t23-/m0/s1. The van der Waals surface area contributed by atoms with Gasteiger partial charge in [0, 0.05) is 25.7 Å². The minimum absolute atomic E-state index is 0.240. The molecule has 2 heterocycles. The number of para-hydroxylation sites is 1. The predicted molar refractivity (Wildman–Crippen MR) is 140 cm³/mol. The first-order chi connectivity index (χ1) is 17.3. The summed E-state index contributed by atoms with van der Waals surface area (Å²) in [7, 11) is 1.89. The fourth-order valence-electron chi connectivity index (χ4n) is 3.98. The molecule has 4 rings (SSSR count). The Hall–Kier alpha value is -3.39. The lowest BCUT2D eigenvalue weighted by Gasteiger charge is -2.27. The Bertz CT molecular complexity index is 1200. The Labute approximate surface area is 212 Å². The Morgan fingerprint density at radius 3 is 2.31 bits per heavy atom. The summed E-state index contributed by atoms with van der Waals surface area (Å²) in [4.78, 5) is 2.14. The second-order valence-electron chi connectivity index (χ2n) is 9.86. The normalized spacial score (nSPS) is 12.7. The van der Waals surface area contributed by atoms with Gasteiger partial charge in [0.25, 0.3) is 0 Å². The first-order valence-electron chi connectivity index (χ1n) is 12.2. The minimum atomic E-state index is -0.672. The highest BCUT2D eigenvalue weighted by Gasteiger charge is 2.24. The number of ether oxygens (including phenoxy) is 2. The van der Waals surface area contributed by atoms with E-state index in [1.807, 2.05) is 101 Å². The molecule has 190 valence electrons. The molecule has 7 nitrogen and oxygen atoms in total. The van der Waals surface area contributed by atoms with E-state index in [2.05, 4.69) is 4.90 Å². The average Bonchev–Trinajstić information content (AvgIpc) is 3.47. The Balaban J connectivity index is 1.67. The van der Waals surface area contributed by atoms with Crippen LogP contribution in [0.2, 0.25) is 0 Å². The van der Waals surface area contributed by atoms with Gasteiger partial charge in [-0.15, -0.1) is 0 Å². The molecule has 36 heavy (non-hydrogen) atoms. The molecule has 0 aliphatic rings. The lowest BCUT2D eigenvalue weighted by atomic mass is 10.1. The molecular weight excluding hydrogens is 454 g/mol. The molecule has 7 heteroatoms. The fourth-order valence-corrected chi connectivity index (χ4v) is 3.98. The van der Waals surface area contributed by atoms with Crippen molar-refractivity contribution >= 4 is 0 Å². The topological polar surface area (TPSA) is 72.9 Å². The van der Waals surface area contributed by atoms with E-state index in [4.69, 9.17) is 19.0 Å². The van der Waals surface area contributed by atoms with Crippen molar-refractivity contribution in [3.8, 4) is 22.9 Å². The number of hydrogen-bond acceptors (Lipinski definition) is 6. The van der Waals surface area contributed by atoms with Gasteiger partial charge < -0.3 is 19.0 Å². The fraction of sp³-hybridized carbons (Fsp3) is 0.345. The van der Waals surface area contributed by atoms with Crippen LogP contribution in [-0.4, -0.2) is 44.6 Å². The molecule has 4 aromatic rings. The van der Waals surface area contributed by atoms with Gasteiger partial charge in [-0.3, -0.25) is 4.90 Å². The van der Waals surface area contributed by atoms with E-state index in [0.717, 1.165) is 28.3 Å². The summed E-state index contributed by atoms with van der Waals surface area (Å²) in [6, 6.07) is 23.6. The monoisotopic (exact) mass is 489 g/mol. The molecule has 0 spiro atoms. The van der Waals surface area contributed by atoms with Crippen molar-refractivity contribution in [2.24, 2.45) is 7.05 Å². The number of aliphatic hydroxyl groups excluding tert-OH is 1. The van der Waals surface area contributed by atoms with Crippen molar-refractivity contribution < 1.29 is 19.0 Å². The van der Waals surface area contributed by atoms with Crippen LogP contribution >= 0.6 is 0 Å². The van der Waals surface area contributed by atoms with E-state index in [1.54, 1.807) is 10.9 Å². The van der Waals surface area contributed by atoms with Crippen LogP contribution in [0.1, 0.15) is 32.1 Å². The molecule has 0 fully saturated rings. The van der Waals surface area contributed by atoms with Crippen LogP contribution in [0.25, 0.3) is 11.3 Å². The third-order valence-electron chi connectivity index (χ3n) is 5.61. The summed E-state index contributed by atoms with van der Waals surface area (Å²) < 4.78 is 19.6. The predicted octanol–water partition coefficient (Wildman–Crippen LogP) is 5.65. The molecule has 0 radical (unpaired) electrons. The lowest BCUT2D eigenvalue weighted by Crippen LogP contribution is -2.36. The molecule has 0 amide bonds. The first-order valence-corrected chi connectivity index (χ1v) is 12.2. The third kappa shape index (κ3) is 7.07. The molecule has 0 saturated carbocycles. The maximum Gasteiger partial charge on any atom is 0.222 e. The number of furan rings is 1. The van der Waals surface area contributed by atoms with Crippen molar-refractivity contribution in [1.29, 1.82) is 0 Å². The number of hydrogen-bond donors (Lipinski definition) is 1. The van der Waals surface area contributed by atoms with E-state index < -0.39 is 6.10 Å². The molecule has 2 aromatic carbocycles. The van der Waals surface area contributed by atoms with Crippen LogP contribution in [0.3, 0.4) is 0 Å². The second kappa shape index (κ2) is 11.6. The molecule has 0 unspecified atom stereocenters. The molecule has 2 aromatic heterocycles. The highest BCUT2D eigenvalue weighted by Crippen LogP contribution is 2.34. The highest BCUT2D eigenvalue weighted by atomic mass is 16.5. The van der Waals surface area contributed by atoms with E-state index in [0.29, 0.717) is 25.5 Å². The summed E-state index contributed by atoms with van der Waals surface area (Å²) in [5.41, 5.74) is 2.45. The van der Waals surface area contributed by atoms with Crippen molar-refractivity contribution in [2.45, 2.75) is 45.6 Å². The van der Waals surface area contributed by atoms with Crippen LogP contribution in [0.4, 0.5) is 0 Å². The van der Waals surface area contributed by atoms with Crippen molar-refractivity contribution in [3.05, 3.63) is 90.4 Å². The maximum absolute atomic E-state index is 10.8. The molecule has 0 bridgehead atoms. The highest BCUT2D eigenvalue weighted by molar-refractivity contribution is 5.65. The molecular formula is C29H35N3O4. The third-order valence-corrected chi connectivity index (χ3v) is 5.61. The smallest absolute Gasteiger partial charge is 0.222 e. The summed E-state index contributed by atoms with van der Waals surface area (Å²) >= 11 is 0. The van der Waals surface area contributed by atoms with Gasteiger partial charge in [0.2, 0.25) is 5.88 Å². The van der Waals surface area contributed by atoms with Gasteiger partial charge in [-0.25, -0.2) is 4.68 Å². The molecule has 1 atom stereocenters. The van der Waals surface area contributed by atoms with Gasteiger partial charge >= 0.3 is 0 Å². The Morgan fingerprint density at radius 2 is 1.67 bits per heavy atom. The molecule has 1 N–H and O–H groups in total. The van der Waals surface area contributed by atoms with Crippen LogP contribution < -0.4 is 4.74 Å². The van der Waals surface area contributed by atoms with Gasteiger partial charge in [-0.1, -0.05) is 48.5 Å². The summed E-state index contributed by atoms with van der Waals surface area (Å²) in [6.45, 7) is 7.59. The van der Waals surface area contributed by atoms with Crippen molar-refractivity contribution in [1.82, 2.24) is 14.7 Å². The molecule has 0 saturated heterocycles. The number of nitrogens with zero attached hydrogens (tertiary/aromatic N) is 3. The van der Waals surface area contributed by atoms with Crippen LogP contribution in [0, 0.1) is 0 Å². The number of benzene rings is 2. The van der Waals surface area contributed by atoms with Gasteiger partial charge in [-0.05, 0) is 45.0 Å². The first kappa shape index (κ1) is 25.7. The summed E-state index contributed by atoms with van der Waals surface area (Å²) in [5, 5.41) is 15.7. The average molecular weight is 490 g/mol. The SMILES string of the molecule is Cn1nc(-c2ccccc2)c(CN(Cc2ccco2)C[C@H](O)COC(C)(C)C)c1Oc1ccccc1. The Morgan fingerprint density at radius 1 is 0.972 bits per heavy atom. The number of aromatic nitrogens is 2. The number of rotatable bonds is 11. The second-order valence-corrected chi connectivity index (χ2v) is 9.86. The van der Waals surface area contributed by atoms with E-state index in [9.17, 15) is 5.11 Å². The van der Waals surface area contributed by atoms with E-state index in [1.165, 1.54) is 0 Å². The van der Waals surface area contributed by atoms with Crippen LogP contribution in [-0.2, 0) is 24.9 Å². The maximum atomic E-state index is 10.8. The van der Waals surface area contributed by atoms with Gasteiger partial charge in [0.1, 0.15) is 17.2 Å². The minimum Gasteiger partial charge on any atom is -0.468 e. The van der Waals surface area contributed by atoms with Crippen molar-refractivity contribution in [2.75, 3.05) is 13.2 Å². The van der Waals surface area contributed by atoms with Crippen LogP contribution in [0.5, 0.6) is 11.6 Å². The van der Waals surface area contributed by atoms with Gasteiger partial charge in [-0.2, -0.15) is 5.10 Å². The Kier molecular flexibility index (Phi) is 8.25. The van der Waals surface area contributed by atoms with Gasteiger partial charge in [0.15, 0.2) is 0 Å². The molecule has 0 aliphatic carbocycles. The number of aliphatic hydroxyl groups is 1. The van der Waals surface area contributed by atoms with Gasteiger partial charge in [0.05, 0.1) is 36.7 Å². The zero-order valence-corrected chi connectivity index (χ0v) is 21.4. The largest absolute Gasteiger partial charge is 0.468 e. The summed E-state index contributed by atoms with van der Waals surface area (Å²) in [5.74, 6) is 2.21.